The molecule has 2 aromatic rings. The molecule has 4 nitrogen and oxygen atoms in total. The average molecular weight is 379 g/mol. The molecule has 0 aliphatic heterocycles. The number of aryl methyl sites for hydroxylation is 2. The Morgan fingerprint density at radius 1 is 1.00 bits per heavy atom. The Morgan fingerprint density at radius 2 is 1.65 bits per heavy atom. The topological polar surface area (TPSA) is 55.4 Å². The third kappa shape index (κ3) is 4.24. The SMILES string of the molecule is COc1cc(C)c([C@H](C)NS(=O)(=O)c2ccc(F)cc2C)cc1C(C)C. The summed E-state index contributed by atoms with van der Waals surface area (Å²) < 4.78 is 46.9. The van der Waals surface area contributed by atoms with Crippen LogP contribution in [0.1, 0.15) is 55.0 Å². The van der Waals surface area contributed by atoms with Gasteiger partial charge in [-0.2, -0.15) is 0 Å². The predicted molar refractivity (Wildman–Crippen MR) is 102 cm³/mol. The number of hydrogen-bond acceptors (Lipinski definition) is 3. The zero-order valence-electron chi connectivity index (χ0n) is 16.1. The van der Waals surface area contributed by atoms with Crippen LogP contribution >= 0.6 is 0 Å². The standard InChI is InChI=1S/C20H26FNO3S/c1-12(2)17-11-18(13(3)10-19(17)25-6)15(5)22-26(23,24)20-8-7-16(21)9-14(20)4/h7-12,15,22H,1-6H3/t15-/m0/s1. The Morgan fingerprint density at radius 3 is 2.19 bits per heavy atom. The molecule has 0 aliphatic rings. The molecule has 0 radical (unpaired) electrons. The number of ether oxygens (including phenoxy) is 1. The van der Waals surface area contributed by atoms with Gasteiger partial charge < -0.3 is 4.74 Å². The van der Waals surface area contributed by atoms with Crippen molar-refractivity contribution in [2.24, 2.45) is 0 Å². The van der Waals surface area contributed by atoms with E-state index in [2.05, 4.69) is 18.6 Å². The minimum Gasteiger partial charge on any atom is -0.496 e. The Bertz CT molecular complexity index is 908. The maximum atomic E-state index is 13.3. The number of halogens is 1. The number of rotatable bonds is 6. The van der Waals surface area contributed by atoms with E-state index < -0.39 is 21.9 Å². The van der Waals surface area contributed by atoms with Crippen LogP contribution in [0.2, 0.25) is 0 Å². The molecule has 142 valence electrons. The van der Waals surface area contributed by atoms with Crippen molar-refractivity contribution in [2.75, 3.05) is 7.11 Å². The molecule has 2 rings (SSSR count). The van der Waals surface area contributed by atoms with Crippen LogP contribution in [0.5, 0.6) is 5.75 Å². The molecular weight excluding hydrogens is 353 g/mol. The lowest BCUT2D eigenvalue weighted by Gasteiger charge is -2.21. The van der Waals surface area contributed by atoms with Gasteiger partial charge in [-0.05, 0) is 79.3 Å². The molecule has 0 saturated carbocycles. The number of nitrogens with one attached hydrogen (secondary N) is 1. The van der Waals surface area contributed by atoms with E-state index in [0.717, 1.165) is 28.5 Å². The Balaban J connectivity index is 2.40. The summed E-state index contributed by atoms with van der Waals surface area (Å²) in [5.74, 6) is 0.584. The molecule has 1 atom stereocenters. The van der Waals surface area contributed by atoms with Gasteiger partial charge in [-0.1, -0.05) is 13.8 Å². The lowest BCUT2D eigenvalue weighted by Crippen LogP contribution is -2.28. The zero-order chi connectivity index (χ0) is 19.6. The molecule has 26 heavy (non-hydrogen) atoms. The fourth-order valence-electron chi connectivity index (χ4n) is 3.08. The van der Waals surface area contributed by atoms with Crippen molar-refractivity contribution in [1.29, 1.82) is 0 Å². The van der Waals surface area contributed by atoms with Crippen LogP contribution in [-0.2, 0) is 10.0 Å². The molecule has 0 bridgehead atoms. The van der Waals surface area contributed by atoms with Crippen molar-refractivity contribution in [3.05, 3.63) is 58.4 Å². The maximum absolute atomic E-state index is 13.3. The fraction of sp³-hybridized carbons (Fsp3) is 0.400. The first-order valence-electron chi connectivity index (χ1n) is 8.53. The van der Waals surface area contributed by atoms with Crippen LogP contribution in [0.4, 0.5) is 4.39 Å². The highest BCUT2D eigenvalue weighted by atomic mass is 32.2. The lowest BCUT2D eigenvalue weighted by molar-refractivity contribution is 0.406. The van der Waals surface area contributed by atoms with Crippen LogP contribution in [0.25, 0.3) is 0 Å². The molecule has 0 spiro atoms. The van der Waals surface area contributed by atoms with Gasteiger partial charge in [0.25, 0.3) is 0 Å². The summed E-state index contributed by atoms with van der Waals surface area (Å²) in [4.78, 5) is 0.0843. The third-order valence-corrected chi connectivity index (χ3v) is 6.17. The van der Waals surface area contributed by atoms with E-state index in [-0.39, 0.29) is 10.8 Å². The highest BCUT2D eigenvalue weighted by Gasteiger charge is 2.23. The van der Waals surface area contributed by atoms with Crippen LogP contribution in [0.15, 0.2) is 35.2 Å². The molecule has 0 saturated heterocycles. The molecule has 0 unspecified atom stereocenters. The number of benzene rings is 2. The van der Waals surface area contributed by atoms with Gasteiger partial charge in [0.2, 0.25) is 10.0 Å². The zero-order valence-corrected chi connectivity index (χ0v) is 16.9. The number of sulfonamides is 1. The highest BCUT2D eigenvalue weighted by Crippen LogP contribution is 2.32. The van der Waals surface area contributed by atoms with E-state index in [1.165, 1.54) is 12.1 Å². The van der Waals surface area contributed by atoms with E-state index in [1.54, 1.807) is 21.0 Å². The maximum Gasteiger partial charge on any atom is 0.241 e. The van der Waals surface area contributed by atoms with Crippen molar-refractivity contribution in [2.45, 2.75) is 51.5 Å². The monoisotopic (exact) mass is 379 g/mol. The van der Waals surface area contributed by atoms with Crippen molar-refractivity contribution in [3.63, 3.8) is 0 Å². The normalized spacial score (nSPS) is 13.1. The van der Waals surface area contributed by atoms with Crippen molar-refractivity contribution >= 4 is 10.0 Å². The summed E-state index contributed by atoms with van der Waals surface area (Å²) in [6, 6.07) is 7.14. The van der Waals surface area contributed by atoms with Gasteiger partial charge in [-0.15, -0.1) is 0 Å². The molecule has 0 amide bonds. The highest BCUT2D eigenvalue weighted by molar-refractivity contribution is 7.89. The molecule has 0 heterocycles. The summed E-state index contributed by atoms with van der Waals surface area (Å²) >= 11 is 0. The van der Waals surface area contributed by atoms with E-state index in [4.69, 9.17) is 4.74 Å². The average Bonchev–Trinajstić information content (AvgIpc) is 2.53. The Kier molecular flexibility index (Phi) is 6.09. The van der Waals surface area contributed by atoms with Crippen molar-refractivity contribution < 1.29 is 17.5 Å². The fourth-order valence-corrected chi connectivity index (χ4v) is 4.53. The van der Waals surface area contributed by atoms with Crippen LogP contribution in [0.3, 0.4) is 0 Å². The minimum atomic E-state index is -3.77. The first-order valence-corrected chi connectivity index (χ1v) is 10.0. The molecule has 6 heteroatoms. The van der Waals surface area contributed by atoms with E-state index in [1.807, 2.05) is 19.1 Å². The molecule has 2 aromatic carbocycles. The second-order valence-electron chi connectivity index (χ2n) is 6.86. The minimum absolute atomic E-state index is 0.0843. The summed E-state index contributed by atoms with van der Waals surface area (Å²) in [6.45, 7) is 9.43. The van der Waals surface area contributed by atoms with Crippen molar-refractivity contribution in [3.8, 4) is 5.75 Å². The first-order chi connectivity index (χ1) is 12.1. The third-order valence-electron chi connectivity index (χ3n) is 4.47. The lowest BCUT2D eigenvalue weighted by atomic mass is 9.94. The van der Waals surface area contributed by atoms with Gasteiger partial charge in [0.15, 0.2) is 0 Å². The number of methoxy groups -OCH3 is 1. The van der Waals surface area contributed by atoms with Gasteiger partial charge in [0.1, 0.15) is 11.6 Å². The second kappa shape index (κ2) is 7.76. The van der Waals surface area contributed by atoms with Crippen LogP contribution in [0, 0.1) is 19.7 Å². The van der Waals surface area contributed by atoms with E-state index in [9.17, 15) is 12.8 Å². The van der Waals surface area contributed by atoms with Gasteiger partial charge in [-0.3, -0.25) is 0 Å². The van der Waals surface area contributed by atoms with Gasteiger partial charge in [0, 0.05) is 6.04 Å². The van der Waals surface area contributed by atoms with Crippen LogP contribution < -0.4 is 9.46 Å². The molecular formula is C20H26FNO3S. The Hall–Kier alpha value is -1.92. The van der Waals surface area contributed by atoms with Gasteiger partial charge in [-0.25, -0.2) is 17.5 Å². The van der Waals surface area contributed by atoms with E-state index in [0.29, 0.717) is 5.56 Å². The van der Waals surface area contributed by atoms with Gasteiger partial charge >= 0.3 is 0 Å². The summed E-state index contributed by atoms with van der Waals surface area (Å²) in [7, 11) is -2.14. The largest absolute Gasteiger partial charge is 0.496 e. The Labute approximate surface area is 155 Å². The summed E-state index contributed by atoms with van der Waals surface area (Å²) in [5.41, 5.74) is 3.23. The molecule has 0 aliphatic carbocycles. The predicted octanol–water partition coefficient (Wildman–Crippen LogP) is 4.61. The first kappa shape index (κ1) is 20.4. The van der Waals surface area contributed by atoms with Crippen molar-refractivity contribution in [1.82, 2.24) is 4.72 Å². The molecule has 0 fully saturated rings. The quantitative estimate of drug-likeness (QED) is 0.797. The summed E-state index contributed by atoms with van der Waals surface area (Å²) in [5, 5.41) is 0. The van der Waals surface area contributed by atoms with Gasteiger partial charge in [0.05, 0.1) is 12.0 Å². The van der Waals surface area contributed by atoms with E-state index >= 15 is 0 Å². The number of hydrogen-bond donors (Lipinski definition) is 1. The smallest absolute Gasteiger partial charge is 0.241 e. The molecule has 1 N–H and O–H groups in total. The van der Waals surface area contributed by atoms with Crippen LogP contribution in [-0.4, -0.2) is 15.5 Å². The second-order valence-corrected chi connectivity index (χ2v) is 8.54. The molecule has 0 aromatic heterocycles. The summed E-state index contributed by atoms with van der Waals surface area (Å²) in [6.07, 6.45) is 0.